The third-order valence-corrected chi connectivity index (χ3v) is 7.58. The number of carbonyl (C=O) groups excluding carboxylic acids is 1. The zero-order valence-corrected chi connectivity index (χ0v) is 22.9. The van der Waals surface area contributed by atoms with Crippen LogP contribution in [0.5, 0.6) is 5.75 Å². The summed E-state index contributed by atoms with van der Waals surface area (Å²) in [6, 6.07) is 24.0. The molecular formula is C31H27N3O2S2. The van der Waals surface area contributed by atoms with Crippen LogP contribution in [0.2, 0.25) is 0 Å². The maximum absolute atomic E-state index is 13.4. The number of aryl methyl sites for hydroxylation is 2. The van der Waals surface area contributed by atoms with Crippen LogP contribution in [0.1, 0.15) is 22.3 Å². The summed E-state index contributed by atoms with van der Waals surface area (Å²) in [5.74, 6) is 0.677. The smallest absolute Gasteiger partial charge is 0.266 e. The van der Waals surface area contributed by atoms with Crippen molar-refractivity contribution in [2.24, 2.45) is 0 Å². The molecule has 1 aliphatic heterocycles. The molecule has 0 spiro atoms. The second-order valence-corrected chi connectivity index (χ2v) is 10.7. The SMILES string of the molecule is C=CCOc1ccc(-c2nn(-c3ccccc3)cc2/C=C2/SC(=S)N(Cc3ccc(C)cc3)C2=O)c(C)c1. The molecule has 0 radical (unpaired) electrons. The molecule has 1 aromatic heterocycles. The normalized spacial score (nSPS) is 14.4. The van der Waals surface area contributed by atoms with Crippen LogP contribution >= 0.6 is 24.0 Å². The Morgan fingerprint density at radius 3 is 2.53 bits per heavy atom. The highest BCUT2D eigenvalue weighted by Crippen LogP contribution is 2.36. The van der Waals surface area contributed by atoms with Gasteiger partial charge in [0.25, 0.3) is 5.91 Å². The van der Waals surface area contributed by atoms with Crippen molar-refractivity contribution in [3.8, 4) is 22.7 Å². The number of thioether (sulfide) groups is 1. The van der Waals surface area contributed by atoms with Crippen LogP contribution in [-0.2, 0) is 11.3 Å². The average molecular weight is 538 g/mol. The lowest BCUT2D eigenvalue weighted by Gasteiger charge is -2.14. The van der Waals surface area contributed by atoms with Crippen molar-refractivity contribution in [3.05, 3.63) is 119 Å². The molecule has 1 aliphatic rings. The first kappa shape index (κ1) is 25.7. The maximum Gasteiger partial charge on any atom is 0.266 e. The molecule has 0 saturated carbocycles. The van der Waals surface area contributed by atoms with E-state index in [4.69, 9.17) is 22.1 Å². The van der Waals surface area contributed by atoms with Gasteiger partial charge in [0.2, 0.25) is 0 Å². The summed E-state index contributed by atoms with van der Waals surface area (Å²) < 4.78 is 8.11. The fourth-order valence-electron chi connectivity index (χ4n) is 4.22. The van der Waals surface area contributed by atoms with E-state index >= 15 is 0 Å². The van der Waals surface area contributed by atoms with E-state index in [1.165, 1.54) is 17.3 Å². The molecule has 190 valence electrons. The zero-order valence-electron chi connectivity index (χ0n) is 21.3. The number of carbonyl (C=O) groups is 1. The van der Waals surface area contributed by atoms with Crippen molar-refractivity contribution in [1.29, 1.82) is 0 Å². The third kappa shape index (κ3) is 5.49. The van der Waals surface area contributed by atoms with E-state index in [1.54, 1.807) is 11.0 Å². The largest absolute Gasteiger partial charge is 0.490 e. The molecule has 38 heavy (non-hydrogen) atoms. The molecular weight excluding hydrogens is 510 g/mol. The molecule has 0 atom stereocenters. The lowest BCUT2D eigenvalue weighted by Crippen LogP contribution is -2.27. The Morgan fingerprint density at radius 2 is 1.82 bits per heavy atom. The predicted octanol–water partition coefficient (Wildman–Crippen LogP) is 7.12. The minimum absolute atomic E-state index is 0.0936. The standard InChI is InChI=1S/C31H27N3O2S2/c1-4-16-36-26-14-15-27(22(3)17-26)29-24(20-34(32-29)25-8-6-5-7-9-25)18-28-30(35)33(31(37)38-28)19-23-12-10-21(2)11-13-23/h4-15,17-18,20H,1,16,19H2,2-3H3/b28-18+. The van der Waals surface area contributed by atoms with Gasteiger partial charge in [-0.1, -0.05) is 84.7 Å². The molecule has 7 heteroatoms. The minimum atomic E-state index is -0.0936. The van der Waals surface area contributed by atoms with Gasteiger partial charge in [-0.15, -0.1) is 0 Å². The van der Waals surface area contributed by atoms with Gasteiger partial charge in [0.05, 0.1) is 17.1 Å². The van der Waals surface area contributed by atoms with E-state index in [9.17, 15) is 4.79 Å². The Bertz CT molecular complexity index is 1540. The number of aromatic nitrogens is 2. The molecule has 0 bridgehead atoms. The van der Waals surface area contributed by atoms with Crippen LogP contribution in [0.25, 0.3) is 23.0 Å². The summed E-state index contributed by atoms with van der Waals surface area (Å²) >= 11 is 6.93. The van der Waals surface area contributed by atoms with Crippen molar-refractivity contribution in [3.63, 3.8) is 0 Å². The number of benzene rings is 3. The number of ether oxygens (including phenoxy) is 1. The van der Waals surface area contributed by atoms with Crippen LogP contribution in [0.4, 0.5) is 0 Å². The van der Waals surface area contributed by atoms with Gasteiger partial charge in [-0.2, -0.15) is 5.10 Å². The second-order valence-electron chi connectivity index (χ2n) is 9.04. The number of hydrogen-bond acceptors (Lipinski definition) is 5. The van der Waals surface area contributed by atoms with Gasteiger partial charge in [-0.05, 0) is 61.4 Å². The van der Waals surface area contributed by atoms with Crippen molar-refractivity contribution < 1.29 is 9.53 Å². The van der Waals surface area contributed by atoms with Gasteiger partial charge in [0.1, 0.15) is 22.4 Å². The summed E-state index contributed by atoms with van der Waals surface area (Å²) in [5.41, 5.74) is 6.76. The number of para-hydroxylation sites is 1. The first-order valence-electron chi connectivity index (χ1n) is 12.2. The Balaban J connectivity index is 1.52. The van der Waals surface area contributed by atoms with Gasteiger partial charge in [0, 0.05) is 17.3 Å². The van der Waals surface area contributed by atoms with Crippen molar-refractivity contribution in [2.75, 3.05) is 6.61 Å². The first-order chi connectivity index (χ1) is 18.4. The number of rotatable bonds is 8. The average Bonchev–Trinajstić information content (AvgIpc) is 3.45. The van der Waals surface area contributed by atoms with E-state index in [1.807, 2.05) is 104 Å². The lowest BCUT2D eigenvalue weighted by atomic mass is 10.0. The minimum Gasteiger partial charge on any atom is -0.490 e. The fraction of sp³-hybridized carbons (Fsp3) is 0.129. The highest BCUT2D eigenvalue weighted by atomic mass is 32.2. The summed E-state index contributed by atoms with van der Waals surface area (Å²) in [5, 5.41) is 4.93. The Kier molecular flexibility index (Phi) is 7.58. The summed E-state index contributed by atoms with van der Waals surface area (Å²) in [6.07, 6.45) is 5.58. The zero-order chi connectivity index (χ0) is 26.6. The quantitative estimate of drug-likeness (QED) is 0.136. The second kappa shape index (κ2) is 11.2. The van der Waals surface area contributed by atoms with E-state index in [2.05, 4.69) is 6.58 Å². The van der Waals surface area contributed by atoms with Crippen LogP contribution in [0.15, 0.2) is 96.6 Å². The molecule has 2 heterocycles. The first-order valence-corrected chi connectivity index (χ1v) is 13.5. The third-order valence-electron chi connectivity index (χ3n) is 6.21. The molecule has 1 fully saturated rings. The number of thiocarbonyl (C=S) groups is 1. The van der Waals surface area contributed by atoms with E-state index in [0.29, 0.717) is 22.4 Å². The molecule has 1 saturated heterocycles. The Hall–Kier alpha value is -3.94. The van der Waals surface area contributed by atoms with E-state index in [-0.39, 0.29) is 5.91 Å². The van der Waals surface area contributed by atoms with Crippen LogP contribution in [-0.4, -0.2) is 31.5 Å². The van der Waals surface area contributed by atoms with E-state index < -0.39 is 0 Å². The van der Waals surface area contributed by atoms with Gasteiger partial charge in [-0.3, -0.25) is 9.69 Å². The molecule has 3 aromatic carbocycles. The summed E-state index contributed by atoms with van der Waals surface area (Å²) in [7, 11) is 0. The summed E-state index contributed by atoms with van der Waals surface area (Å²) in [4.78, 5) is 15.7. The molecule has 0 unspecified atom stereocenters. The number of nitrogens with zero attached hydrogens (tertiary/aromatic N) is 3. The topological polar surface area (TPSA) is 47.4 Å². The van der Waals surface area contributed by atoms with Gasteiger partial charge in [0.15, 0.2) is 0 Å². The highest BCUT2D eigenvalue weighted by molar-refractivity contribution is 8.26. The molecule has 0 N–H and O–H groups in total. The van der Waals surface area contributed by atoms with Crippen LogP contribution < -0.4 is 4.74 Å². The molecule has 4 aromatic rings. The van der Waals surface area contributed by atoms with Crippen molar-refractivity contribution in [1.82, 2.24) is 14.7 Å². The fourth-order valence-corrected chi connectivity index (χ4v) is 5.46. The summed E-state index contributed by atoms with van der Waals surface area (Å²) in [6.45, 7) is 8.68. The van der Waals surface area contributed by atoms with Crippen molar-refractivity contribution in [2.45, 2.75) is 20.4 Å². The maximum atomic E-state index is 13.4. The predicted molar refractivity (Wildman–Crippen MR) is 159 cm³/mol. The van der Waals surface area contributed by atoms with Gasteiger partial charge < -0.3 is 4.74 Å². The van der Waals surface area contributed by atoms with Crippen molar-refractivity contribution >= 4 is 40.3 Å². The Labute approximate surface area is 232 Å². The van der Waals surface area contributed by atoms with Crippen LogP contribution in [0, 0.1) is 13.8 Å². The van der Waals surface area contributed by atoms with Gasteiger partial charge >= 0.3 is 0 Å². The van der Waals surface area contributed by atoms with Gasteiger partial charge in [-0.25, -0.2) is 4.68 Å². The van der Waals surface area contributed by atoms with Crippen LogP contribution in [0.3, 0.4) is 0 Å². The lowest BCUT2D eigenvalue weighted by molar-refractivity contribution is -0.122. The molecule has 1 amide bonds. The number of amides is 1. The van der Waals surface area contributed by atoms with E-state index in [0.717, 1.165) is 39.4 Å². The highest BCUT2D eigenvalue weighted by Gasteiger charge is 2.32. The molecule has 5 nitrogen and oxygen atoms in total. The Morgan fingerprint density at radius 1 is 1.05 bits per heavy atom. The number of hydrogen-bond donors (Lipinski definition) is 0. The molecule has 0 aliphatic carbocycles. The monoisotopic (exact) mass is 537 g/mol. The molecule has 5 rings (SSSR count).